The van der Waals surface area contributed by atoms with Crippen LogP contribution in [-0.2, 0) is 6.42 Å². The van der Waals surface area contributed by atoms with Gasteiger partial charge < -0.3 is 5.32 Å². The molecule has 1 aromatic carbocycles. The zero-order chi connectivity index (χ0) is 14.5. The van der Waals surface area contributed by atoms with Crippen molar-refractivity contribution in [1.29, 1.82) is 0 Å². The van der Waals surface area contributed by atoms with Gasteiger partial charge in [0.15, 0.2) is 0 Å². The first-order chi connectivity index (χ1) is 9.58. The number of amides is 1. The normalized spacial score (nSPS) is 10.3. The average Bonchev–Trinajstić information content (AvgIpc) is 2.41. The summed E-state index contributed by atoms with van der Waals surface area (Å²) < 4.78 is 0. The first-order valence-electron chi connectivity index (χ1n) is 5.89. The fourth-order valence-electron chi connectivity index (χ4n) is 1.69. The van der Waals surface area contributed by atoms with Crippen molar-refractivity contribution < 1.29 is 4.79 Å². The molecule has 0 aliphatic heterocycles. The molecule has 1 heterocycles. The number of aromatic nitrogens is 1. The molecule has 0 saturated heterocycles. The minimum Gasteiger partial charge on any atom is -0.352 e. The van der Waals surface area contributed by atoms with Gasteiger partial charge in [-0.2, -0.15) is 0 Å². The van der Waals surface area contributed by atoms with Crippen LogP contribution < -0.4 is 5.32 Å². The van der Waals surface area contributed by atoms with Gasteiger partial charge in [0.1, 0.15) is 0 Å². The van der Waals surface area contributed by atoms with Gasteiger partial charge in [0.2, 0.25) is 0 Å². The van der Waals surface area contributed by atoms with Crippen LogP contribution in [0.3, 0.4) is 0 Å². The Balaban J connectivity index is 1.93. The fourth-order valence-corrected chi connectivity index (χ4v) is 2.40. The van der Waals surface area contributed by atoms with E-state index in [1.165, 1.54) is 12.4 Å². The zero-order valence-electron chi connectivity index (χ0n) is 10.4. The maximum atomic E-state index is 11.9. The number of hydrogen-bond acceptors (Lipinski definition) is 2. The van der Waals surface area contributed by atoms with Gasteiger partial charge in [0.05, 0.1) is 10.6 Å². The summed E-state index contributed by atoms with van der Waals surface area (Å²) in [5.41, 5.74) is 1.33. The van der Waals surface area contributed by atoms with Gasteiger partial charge in [-0.05, 0) is 30.2 Å². The second kappa shape index (κ2) is 6.93. The highest BCUT2D eigenvalue weighted by Gasteiger charge is 2.09. The number of pyridine rings is 1. The molecular formula is C14H11Cl3N2O. The van der Waals surface area contributed by atoms with E-state index in [9.17, 15) is 4.79 Å². The fraction of sp³-hybridized carbons (Fsp3) is 0.143. The molecule has 20 heavy (non-hydrogen) atoms. The summed E-state index contributed by atoms with van der Waals surface area (Å²) in [5, 5.41) is 4.30. The molecule has 0 saturated carbocycles. The highest BCUT2D eigenvalue weighted by atomic mass is 35.5. The summed E-state index contributed by atoms with van der Waals surface area (Å²) in [7, 11) is 0. The number of halogens is 3. The molecule has 0 aliphatic rings. The molecular weight excluding hydrogens is 319 g/mol. The lowest BCUT2D eigenvalue weighted by Gasteiger charge is -2.08. The highest BCUT2D eigenvalue weighted by molar-refractivity contribution is 6.35. The van der Waals surface area contributed by atoms with E-state index in [1.807, 2.05) is 6.07 Å². The van der Waals surface area contributed by atoms with Crippen molar-refractivity contribution in [3.63, 3.8) is 0 Å². The quantitative estimate of drug-likeness (QED) is 0.920. The van der Waals surface area contributed by atoms with E-state index in [0.29, 0.717) is 33.6 Å². The Hall–Kier alpha value is -1.29. The van der Waals surface area contributed by atoms with Crippen molar-refractivity contribution in [2.75, 3.05) is 6.54 Å². The van der Waals surface area contributed by atoms with Crippen molar-refractivity contribution in [3.05, 3.63) is 62.9 Å². The topological polar surface area (TPSA) is 42.0 Å². The molecule has 1 aromatic heterocycles. The molecule has 104 valence electrons. The third-order valence-corrected chi connectivity index (χ3v) is 3.60. The molecule has 1 N–H and O–H groups in total. The summed E-state index contributed by atoms with van der Waals surface area (Å²) in [6, 6.07) is 6.87. The van der Waals surface area contributed by atoms with Crippen LogP contribution in [-0.4, -0.2) is 17.4 Å². The van der Waals surface area contributed by atoms with Gasteiger partial charge in [-0.25, -0.2) is 0 Å². The van der Waals surface area contributed by atoms with E-state index in [2.05, 4.69) is 10.3 Å². The summed E-state index contributed by atoms with van der Waals surface area (Å²) in [6.07, 6.45) is 3.58. The summed E-state index contributed by atoms with van der Waals surface area (Å²) in [4.78, 5) is 15.8. The zero-order valence-corrected chi connectivity index (χ0v) is 12.6. The third-order valence-electron chi connectivity index (χ3n) is 2.71. The molecule has 0 unspecified atom stereocenters. The van der Waals surface area contributed by atoms with Gasteiger partial charge in [-0.15, -0.1) is 0 Å². The number of nitrogens with zero attached hydrogens (tertiary/aromatic N) is 1. The average molecular weight is 330 g/mol. The lowest BCUT2D eigenvalue weighted by Crippen LogP contribution is -2.26. The van der Waals surface area contributed by atoms with Crippen LogP contribution in [0.5, 0.6) is 0 Å². The molecule has 1 amide bonds. The number of nitrogens with one attached hydrogen (secondary N) is 1. The molecule has 0 bridgehead atoms. The minimum absolute atomic E-state index is 0.234. The lowest BCUT2D eigenvalue weighted by molar-refractivity contribution is 0.0954. The number of hydrogen-bond donors (Lipinski definition) is 1. The van der Waals surface area contributed by atoms with Gasteiger partial charge >= 0.3 is 0 Å². The van der Waals surface area contributed by atoms with Gasteiger partial charge in [0, 0.05) is 29.0 Å². The Morgan fingerprint density at radius 2 is 1.95 bits per heavy atom. The Morgan fingerprint density at radius 1 is 1.15 bits per heavy atom. The van der Waals surface area contributed by atoms with Crippen LogP contribution in [0.25, 0.3) is 0 Å². The van der Waals surface area contributed by atoms with E-state index in [-0.39, 0.29) is 5.91 Å². The second-order valence-corrected chi connectivity index (χ2v) is 5.35. The minimum atomic E-state index is -0.234. The molecule has 0 spiro atoms. The van der Waals surface area contributed by atoms with Gasteiger partial charge in [-0.3, -0.25) is 9.78 Å². The summed E-state index contributed by atoms with van der Waals surface area (Å²) in [6.45, 7) is 0.457. The van der Waals surface area contributed by atoms with Crippen LogP contribution in [0.2, 0.25) is 15.1 Å². The predicted molar refractivity (Wildman–Crippen MR) is 81.7 cm³/mol. The van der Waals surface area contributed by atoms with Crippen LogP contribution in [0.15, 0.2) is 36.7 Å². The van der Waals surface area contributed by atoms with Crippen molar-refractivity contribution >= 4 is 40.7 Å². The Labute approximate surface area is 131 Å². The van der Waals surface area contributed by atoms with E-state index in [1.54, 1.807) is 18.2 Å². The van der Waals surface area contributed by atoms with E-state index in [4.69, 9.17) is 34.8 Å². The van der Waals surface area contributed by atoms with Crippen LogP contribution in [0.1, 0.15) is 15.9 Å². The first-order valence-corrected chi connectivity index (χ1v) is 7.03. The van der Waals surface area contributed by atoms with Crippen molar-refractivity contribution in [3.8, 4) is 0 Å². The number of carbonyl (C=O) groups excluding carboxylic acids is 1. The van der Waals surface area contributed by atoms with Crippen LogP contribution in [0, 0.1) is 0 Å². The third kappa shape index (κ3) is 3.85. The van der Waals surface area contributed by atoms with Gasteiger partial charge in [0.25, 0.3) is 5.91 Å². The Bertz CT molecular complexity index is 632. The smallest absolute Gasteiger partial charge is 0.252 e. The van der Waals surface area contributed by atoms with Crippen molar-refractivity contribution in [2.24, 2.45) is 0 Å². The number of benzene rings is 1. The molecule has 0 atom stereocenters. The molecule has 0 fully saturated rings. The van der Waals surface area contributed by atoms with Crippen molar-refractivity contribution in [2.45, 2.75) is 6.42 Å². The number of rotatable bonds is 4. The maximum absolute atomic E-state index is 11.9. The summed E-state index contributed by atoms with van der Waals surface area (Å²) in [5.74, 6) is -0.234. The monoisotopic (exact) mass is 328 g/mol. The van der Waals surface area contributed by atoms with Gasteiger partial charge in [-0.1, -0.05) is 40.9 Å². The lowest BCUT2D eigenvalue weighted by atomic mass is 10.1. The first kappa shape index (κ1) is 15.1. The second-order valence-electron chi connectivity index (χ2n) is 4.10. The predicted octanol–water partition coefficient (Wildman–Crippen LogP) is 4.01. The van der Waals surface area contributed by atoms with Crippen LogP contribution in [0.4, 0.5) is 0 Å². The summed E-state index contributed by atoms with van der Waals surface area (Å²) >= 11 is 17.8. The van der Waals surface area contributed by atoms with Crippen molar-refractivity contribution in [1.82, 2.24) is 10.3 Å². The molecule has 0 aliphatic carbocycles. The Morgan fingerprint density at radius 3 is 2.65 bits per heavy atom. The van der Waals surface area contributed by atoms with E-state index in [0.717, 1.165) is 5.56 Å². The van der Waals surface area contributed by atoms with E-state index < -0.39 is 0 Å². The number of carbonyl (C=O) groups is 1. The van der Waals surface area contributed by atoms with Crippen LogP contribution >= 0.6 is 34.8 Å². The molecule has 2 aromatic rings. The molecule has 0 radical (unpaired) electrons. The van der Waals surface area contributed by atoms with E-state index >= 15 is 0 Å². The largest absolute Gasteiger partial charge is 0.352 e. The maximum Gasteiger partial charge on any atom is 0.252 e. The molecule has 6 heteroatoms. The molecule has 3 nitrogen and oxygen atoms in total. The molecule has 2 rings (SSSR count). The SMILES string of the molecule is O=C(NCCc1ccc(Cl)cc1Cl)c1ccncc1Cl. The standard InChI is InChI=1S/C14H11Cl3N2O/c15-10-2-1-9(12(16)7-10)3-6-19-14(20)11-4-5-18-8-13(11)17/h1-2,4-5,7-8H,3,6H2,(H,19,20). The Kier molecular flexibility index (Phi) is 5.24. The highest BCUT2D eigenvalue weighted by Crippen LogP contribution is 2.21.